The maximum atomic E-state index is 4.20. The molecule has 1 aromatic heterocycles. The molecular formula is C7H9N3S. The summed E-state index contributed by atoms with van der Waals surface area (Å²) in [7, 11) is 1.89. The van der Waals surface area contributed by atoms with E-state index in [2.05, 4.69) is 15.3 Å². The summed E-state index contributed by atoms with van der Waals surface area (Å²) in [5, 5.41) is 3.06. The highest BCUT2D eigenvalue weighted by Gasteiger charge is 2.15. The molecule has 0 unspecified atom stereocenters. The predicted molar refractivity (Wildman–Crippen MR) is 46.6 cm³/mol. The van der Waals surface area contributed by atoms with E-state index in [1.54, 1.807) is 6.33 Å². The van der Waals surface area contributed by atoms with Gasteiger partial charge in [-0.3, -0.25) is 0 Å². The first-order valence-corrected chi connectivity index (χ1v) is 4.65. The van der Waals surface area contributed by atoms with Crippen LogP contribution in [0.4, 0.5) is 5.82 Å². The predicted octanol–water partition coefficient (Wildman–Crippen LogP) is 1.27. The van der Waals surface area contributed by atoms with Crippen molar-refractivity contribution in [3.63, 3.8) is 0 Å². The van der Waals surface area contributed by atoms with E-state index in [-0.39, 0.29) is 0 Å². The van der Waals surface area contributed by atoms with E-state index in [9.17, 15) is 0 Å². The molecule has 0 spiro atoms. The van der Waals surface area contributed by atoms with Crippen molar-refractivity contribution in [3.8, 4) is 0 Å². The molecule has 2 rings (SSSR count). The molecule has 1 aromatic rings. The zero-order chi connectivity index (χ0) is 7.68. The van der Waals surface area contributed by atoms with Gasteiger partial charge in [0, 0.05) is 24.1 Å². The van der Waals surface area contributed by atoms with Crippen LogP contribution in [-0.2, 0) is 11.5 Å². The van der Waals surface area contributed by atoms with Crippen molar-refractivity contribution in [2.45, 2.75) is 11.5 Å². The largest absolute Gasteiger partial charge is 0.373 e. The zero-order valence-corrected chi connectivity index (χ0v) is 7.11. The van der Waals surface area contributed by atoms with E-state index in [1.165, 1.54) is 11.3 Å². The van der Waals surface area contributed by atoms with E-state index in [0.29, 0.717) is 0 Å². The van der Waals surface area contributed by atoms with Gasteiger partial charge in [0.15, 0.2) is 0 Å². The Balaban J connectivity index is 2.50. The maximum absolute atomic E-state index is 4.20. The average molecular weight is 167 g/mol. The van der Waals surface area contributed by atoms with Gasteiger partial charge in [-0.15, -0.1) is 0 Å². The molecule has 2 heterocycles. The van der Waals surface area contributed by atoms with Gasteiger partial charge >= 0.3 is 0 Å². The van der Waals surface area contributed by atoms with Gasteiger partial charge in [-0.2, -0.15) is 11.8 Å². The van der Waals surface area contributed by atoms with E-state index in [1.807, 2.05) is 18.8 Å². The van der Waals surface area contributed by atoms with Gasteiger partial charge in [-0.05, 0) is 0 Å². The smallest absolute Gasteiger partial charge is 0.133 e. The second-order valence-corrected chi connectivity index (χ2v) is 3.38. The summed E-state index contributed by atoms with van der Waals surface area (Å²) in [6.45, 7) is 0. The fraction of sp³-hybridized carbons (Fsp3) is 0.429. The number of thioether (sulfide) groups is 1. The van der Waals surface area contributed by atoms with Crippen LogP contribution in [0.15, 0.2) is 6.33 Å². The first-order valence-electron chi connectivity index (χ1n) is 3.50. The summed E-state index contributed by atoms with van der Waals surface area (Å²) in [5.41, 5.74) is 2.47. The summed E-state index contributed by atoms with van der Waals surface area (Å²) < 4.78 is 0. The molecule has 0 saturated heterocycles. The number of anilines is 1. The van der Waals surface area contributed by atoms with Gasteiger partial charge in [0.1, 0.15) is 12.1 Å². The molecule has 0 bridgehead atoms. The molecule has 0 aromatic carbocycles. The summed E-state index contributed by atoms with van der Waals surface area (Å²) >= 11 is 1.89. The molecule has 0 radical (unpaired) electrons. The number of nitrogens with zero attached hydrogens (tertiary/aromatic N) is 2. The third kappa shape index (κ3) is 1.07. The topological polar surface area (TPSA) is 37.8 Å². The van der Waals surface area contributed by atoms with E-state index >= 15 is 0 Å². The van der Waals surface area contributed by atoms with E-state index in [0.717, 1.165) is 17.3 Å². The second kappa shape index (κ2) is 2.70. The molecule has 0 amide bonds. The van der Waals surface area contributed by atoms with Crippen molar-refractivity contribution in [2.75, 3.05) is 12.4 Å². The SMILES string of the molecule is CNc1ncnc2c1CSC2. The third-order valence-corrected chi connectivity index (χ3v) is 2.73. The standard InChI is InChI=1S/C7H9N3S/c1-8-7-5-2-11-3-6(5)9-4-10-7/h4H,2-3H2,1H3,(H,8,9,10). The summed E-state index contributed by atoms with van der Waals surface area (Å²) in [5.74, 6) is 3.07. The van der Waals surface area contributed by atoms with Crippen LogP contribution in [0, 0.1) is 0 Å². The quantitative estimate of drug-likeness (QED) is 0.683. The van der Waals surface area contributed by atoms with Crippen LogP contribution in [0.25, 0.3) is 0 Å². The molecule has 4 heteroatoms. The van der Waals surface area contributed by atoms with Crippen LogP contribution in [-0.4, -0.2) is 17.0 Å². The molecule has 1 aliphatic heterocycles. The lowest BCUT2D eigenvalue weighted by Crippen LogP contribution is -1.99. The molecular weight excluding hydrogens is 158 g/mol. The summed E-state index contributed by atoms with van der Waals surface area (Å²) in [4.78, 5) is 8.33. The van der Waals surface area contributed by atoms with Crippen LogP contribution >= 0.6 is 11.8 Å². The molecule has 0 atom stereocenters. The lowest BCUT2D eigenvalue weighted by molar-refractivity contribution is 1.06. The third-order valence-electron chi connectivity index (χ3n) is 1.76. The molecule has 0 aliphatic carbocycles. The number of fused-ring (bicyclic) bond motifs is 1. The lowest BCUT2D eigenvalue weighted by Gasteiger charge is -2.02. The number of aromatic nitrogens is 2. The Morgan fingerprint density at radius 3 is 3.18 bits per heavy atom. The normalized spacial score (nSPS) is 14.6. The van der Waals surface area contributed by atoms with Gasteiger partial charge in [0.25, 0.3) is 0 Å². The van der Waals surface area contributed by atoms with Crippen LogP contribution in [0.5, 0.6) is 0 Å². The maximum Gasteiger partial charge on any atom is 0.133 e. The van der Waals surface area contributed by atoms with Crippen molar-refractivity contribution in [1.82, 2.24) is 9.97 Å². The number of hydrogen-bond donors (Lipinski definition) is 1. The van der Waals surface area contributed by atoms with Crippen molar-refractivity contribution in [1.29, 1.82) is 0 Å². The Labute approximate surface area is 69.6 Å². The molecule has 58 valence electrons. The van der Waals surface area contributed by atoms with Crippen LogP contribution in [0.1, 0.15) is 11.3 Å². The van der Waals surface area contributed by atoms with Crippen LogP contribution in [0.3, 0.4) is 0 Å². The fourth-order valence-corrected chi connectivity index (χ4v) is 2.24. The molecule has 3 nitrogen and oxygen atoms in total. The highest BCUT2D eigenvalue weighted by atomic mass is 32.2. The van der Waals surface area contributed by atoms with Gasteiger partial charge < -0.3 is 5.32 Å². The highest BCUT2D eigenvalue weighted by molar-refractivity contribution is 7.98. The first kappa shape index (κ1) is 6.91. The summed E-state index contributed by atoms with van der Waals surface area (Å²) in [6.07, 6.45) is 1.62. The Bertz CT molecular complexity index is 274. The first-order chi connectivity index (χ1) is 5.42. The minimum Gasteiger partial charge on any atom is -0.373 e. The number of nitrogens with one attached hydrogen (secondary N) is 1. The second-order valence-electron chi connectivity index (χ2n) is 2.39. The van der Waals surface area contributed by atoms with Gasteiger partial charge in [-0.1, -0.05) is 0 Å². The Morgan fingerprint density at radius 2 is 2.36 bits per heavy atom. The molecule has 11 heavy (non-hydrogen) atoms. The number of hydrogen-bond acceptors (Lipinski definition) is 4. The van der Waals surface area contributed by atoms with Crippen molar-refractivity contribution < 1.29 is 0 Å². The Morgan fingerprint density at radius 1 is 1.45 bits per heavy atom. The van der Waals surface area contributed by atoms with Crippen molar-refractivity contribution in [3.05, 3.63) is 17.6 Å². The van der Waals surface area contributed by atoms with Crippen LogP contribution in [0.2, 0.25) is 0 Å². The van der Waals surface area contributed by atoms with Gasteiger partial charge in [-0.25, -0.2) is 9.97 Å². The van der Waals surface area contributed by atoms with Crippen molar-refractivity contribution >= 4 is 17.6 Å². The molecule has 0 saturated carbocycles. The highest BCUT2D eigenvalue weighted by Crippen LogP contribution is 2.31. The van der Waals surface area contributed by atoms with Gasteiger partial charge in [0.05, 0.1) is 5.69 Å². The van der Waals surface area contributed by atoms with Crippen LogP contribution < -0.4 is 5.32 Å². The summed E-state index contributed by atoms with van der Waals surface area (Å²) in [6, 6.07) is 0. The number of rotatable bonds is 1. The fourth-order valence-electron chi connectivity index (χ4n) is 1.19. The minimum absolute atomic E-state index is 0.986. The molecule has 1 N–H and O–H groups in total. The Hall–Kier alpha value is -0.770. The Kier molecular flexibility index (Phi) is 1.69. The zero-order valence-electron chi connectivity index (χ0n) is 6.29. The molecule has 1 aliphatic rings. The van der Waals surface area contributed by atoms with E-state index in [4.69, 9.17) is 0 Å². The molecule has 0 fully saturated rings. The van der Waals surface area contributed by atoms with E-state index < -0.39 is 0 Å². The monoisotopic (exact) mass is 167 g/mol. The lowest BCUT2D eigenvalue weighted by atomic mass is 10.2. The average Bonchev–Trinajstić information content (AvgIpc) is 2.50. The van der Waals surface area contributed by atoms with Crippen molar-refractivity contribution in [2.24, 2.45) is 0 Å². The van der Waals surface area contributed by atoms with Gasteiger partial charge in [0.2, 0.25) is 0 Å². The minimum atomic E-state index is 0.986.